The van der Waals surface area contributed by atoms with Crippen LogP contribution < -0.4 is 16.0 Å². The first kappa shape index (κ1) is 18.5. The minimum absolute atomic E-state index is 0.204. The molecule has 7 heteroatoms. The smallest absolute Gasteiger partial charge is 0.233 e. The molecule has 130 valence electrons. The van der Waals surface area contributed by atoms with Crippen molar-refractivity contribution in [2.24, 2.45) is 0 Å². The predicted octanol–water partition coefficient (Wildman–Crippen LogP) is 2.94. The van der Waals surface area contributed by atoms with E-state index in [1.54, 1.807) is 48.5 Å². The van der Waals surface area contributed by atoms with E-state index in [2.05, 4.69) is 16.0 Å². The minimum Gasteiger partial charge on any atom is -0.352 e. The van der Waals surface area contributed by atoms with Crippen LogP contribution in [0.15, 0.2) is 48.5 Å². The number of anilines is 2. The molecule has 3 N–H and O–H groups in total. The van der Waals surface area contributed by atoms with Crippen molar-refractivity contribution < 1.29 is 14.4 Å². The number of carbonyl (C=O) groups excluding carboxylic acids is 3. The van der Waals surface area contributed by atoms with E-state index < -0.39 is 5.91 Å². The summed E-state index contributed by atoms with van der Waals surface area (Å²) in [5.74, 6) is -1.02. The van der Waals surface area contributed by atoms with Gasteiger partial charge in [-0.1, -0.05) is 29.8 Å². The number of hydrogen-bond donors (Lipinski definition) is 3. The van der Waals surface area contributed by atoms with Gasteiger partial charge < -0.3 is 16.0 Å². The van der Waals surface area contributed by atoms with Crippen LogP contribution in [0.2, 0.25) is 5.02 Å². The molecule has 25 heavy (non-hydrogen) atoms. The molecule has 3 amide bonds. The van der Waals surface area contributed by atoms with Gasteiger partial charge in [-0.25, -0.2) is 0 Å². The SMILES string of the molecule is CC(=O)Nc1cccc(NC(=O)CC(=O)NCc2ccc(Cl)cc2)c1. The van der Waals surface area contributed by atoms with E-state index in [0.717, 1.165) is 5.56 Å². The first-order valence-electron chi connectivity index (χ1n) is 7.61. The van der Waals surface area contributed by atoms with Crippen LogP contribution >= 0.6 is 11.6 Å². The number of benzene rings is 2. The van der Waals surface area contributed by atoms with Gasteiger partial charge in [0.25, 0.3) is 0 Å². The molecule has 0 aliphatic rings. The summed E-state index contributed by atoms with van der Waals surface area (Å²) < 4.78 is 0. The molecule has 0 aliphatic heterocycles. The lowest BCUT2D eigenvalue weighted by molar-refractivity contribution is -0.127. The van der Waals surface area contributed by atoms with E-state index >= 15 is 0 Å². The molecule has 0 unspecified atom stereocenters. The Balaban J connectivity index is 1.82. The first-order chi connectivity index (χ1) is 11.9. The zero-order chi connectivity index (χ0) is 18.2. The highest BCUT2D eigenvalue weighted by atomic mass is 35.5. The fourth-order valence-corrected chi connectivity index (χ4v) is 2.22. The molecular formula is C18H18ClN3O3. The Morgan fingerprint density at radius 1 is 0.920 bits per heavy atom. The van der Waals surface area contributed by atoms with Gasteiger partial charge in [-0.15, -0.1) is 0 Å². The zero-order valence-corrected chi connectivity index (χ0v) is 14.4. The number of hydrogen-bond acceptors (Lipinski definition) is 3. The van der Waals surface area contributed by atoms with E-state index in [9.17, 15) is 14.4 Å². The Morgan fingerprint density at radius 2 is 1.56 bits per heavy atom. The maximum atomic E-state index is 11.9. The fourth-order valence-electron chi connectivity index (χ4n) is 2.09. The molecule has 2 aromatic carbocycles. The van der Waals surface area contributed by atoms with Crippen molar-refractivity contribution in [3.8, 4) is 0 Å². The molecule has 0 aromatic heterocycles. The molecule has 0 saturated heterocycles. The van der Waals surface area contributed by atoms with Crippen molar-refractivity contribution in [2.45, 2.75) is 19.9 Å². The standard InChI is InChI=1S/C18H18ClN3O3/c1-12(23)21-15-3-2-4-16(9-15)22-18(25)10-17(24)20-11-13-5-7-14(19)8-6-13/h2-9H,10-11H2,1H3,(H,20,24)(H,21,23)(H,22,25). The largest absolute Gasteiger partial charge is 0.352 e. The molecule has 0 aliphatic carbocycles. The summed E-state index contributed by atoms with van der Waals surface area (Å²) in [5.41, 5.74) is 1.96. The summed E-state index contributed by atoms with van der Waals surface area (Å²) in [4.78, 5) is 34.8. The zero-order valence-electron chi connectivity index (χ0n) is 13.6. The van der Waals surface area contributed by atoms with Crippen LogP contribution in [0, 0.1) is 0 Å². The van der Waals surface area contributed by atoms with Gasteiger partial charge in [-0.2, -0.15) is 0 Å². The van der Waals surface area contributed by atoms with Gasteiger partial charge in [0.05, 0.1) is 0 Å². The van der Waals surface area contributed by atoms with Gasteiger partial charge in [-0.05, 0) is 35.9 Å². The molecule has 2 aromatic rings. The van der Waals surface area contributed by atoms with E-state index in [1.807, 2.05) is 0 Å². The summed E-state index contributed by atoms with van der Waals surface area (Å²) in [6.07, 6.45) is -0.294. The van der Waals surface area contributed by atoms with Crippen LogP contribution in [0.1, 0.15) is 18.9 Å². The number of halogens is 1. The second kappa shape index (κ2) is 8.84. The van der Waals surface area contributed by atoms with Crippen molar-refractivity contribution >= 4 is 40.7 Å². The molecule has 0 fully saturated rings. The molecule has 0 bridgehead atoms. The molecule has 2 rings (SSSR count). The summed E-state index contributed by atoms with van der Waals surface area (Å²) in [6, 6.07) is 13.8. The Bertz CT molecular complexity index is 775. The second-order valence-electron chi connectivity index (χ2n) is 5.39. The first-order valence-corrected chi connectivity index (χ1v) is 7.99. The lowest BCUT2D eigenvalue weighted by atomic mass is 10.2. The highest BCUT2D eigenvalue weighted by molar-refractivity contribution is 6.30. The Hall–Kier alpha value is -2.86. The van der Waals surface area contributed by atoms with Crippen LogP contribution in [0.25, 0.3) is 0 Å². The number of carbonyl (C=O) groups is 3. The molecule has 0 radical (unpaired) electrons. The third-order valence-electron chi connectivity index (χ3n) is 3.19. The number of rotatable bonds is 6. The fraction of sp³-hybridized carbons (Fsp3) is 0.167. The van der Waals surface area contributed by atoms with Gasteiger partial charge in [0.15, 0.2) is 0 Å². The Labute approximate surface area is 150 Å². The van der Waals surface area contributed by atoms with Crippen molar-refractivity contribution in [1.29, 1.82) is 0 Å². The monoisotopic (exact) mass is 359 g/mol. The third kappa shape index (κ3) is 6.64. The van der Waals surface area contributed by atoms with Crippen LogP contribution in [0.3, 0.4) is 0 Å². The summed E-state index contributed by atoms with van der Waals surface area (Å²) in [5, 5.41) is 8.54. The van der Waals surface area contributed by atoms with Crippen LogP contribution in [-0.2, 0) is 20.9 Å². The summed E-state index contributed by atoms with van der Waals surface area (Å²) in [7, 11) is 0. The normalized spacial score (nSPS) is 10.0. The van der Waals surface area contributed by atoms with Crippen LogP contribution in [-0.4, -0.2) is 17.7 Å². The Morgan fingerprint density at radius 3 is 2.20 bits per heavy atom. The number of nitrogens with one attached hydrogen (secondary N) is 3. The van der Waals surface area contributed by atoms with Gasteiger partial charge in [0, 0.05) is 29.9 Å². The van der Waals surface area contributed by atoms with Gasteiger partial charge >= 0.3 is 0 Å². The molecule has 6 nitrogen and oxygen atoms in total. The van der Waals surface area contributed by atoms with Gasteiger partial charge in [-0.3, -0.25) is 14.4 Å². The summed E-state index contributed by atoms with van der Waals surface area (Å²) >= 11 is 5.80. The van der Waals surface area contributed by atoms with E-state index in [4.69, 9.17) is 11.6 Å². The molecule has 0 atom stereocenters. The highest BCUT2D eigenvalue weighted by Gasteiger charge is 2.10. The highest BCUT2D eigenvalue weighted by Crippen LogP contribution is 2.15. The quantitative estimate of drug-likeness (QED) is 0.693. The van der Waals surface area contributed by atoms with Crippen molar-refractivity contribution in [2.75, 3.05) is 10.6 Å². The average molecular weight is 360 g/mol. The van der Waals surface area contributed by atoms with E-state index in [1.165, 1.54) is 6.92 Å². The lowest BCUT2D eigenvalue weighted by Gasteiger charge is -2.08. The maximum absolute atomic E-state index is 11.9. The van der Waals surface area contributed by atoms with Crippen LogP contribution in [0.4, 0.5) is 11.4 Å². The maximum Gasteiger partial charge on any atom is 0.233 e. The minimum atomic E-state index is -0.436. The second-order valence-corrected chi connectivity index (χ2v) is 5.83. The van der Waals surface area contributed by atoms with E-state index in [-0.39, 0.29) is 18.2 Å². The predicted molar refractivity (Wildman–Crippen MR) is 97.3 cm³/mol. The van der Waals surface area contributed by atoms with Crippen LogP contribution in [0.5, 0.6) is 0 Å². The third-order valence-corrected chi connectivity index (χ3v) is 3.44. The van der Waals surface area contributed by atoms with Gasteiger partial charge in [0.1, 0.15) is 6.42 Å². The van der Waals surface area contributed by atoms with E-state index in [0.29, 0.717) is 22.9 Å². The van der Waals surface area contributed by atoms with Crippen molar-refractivity contribution in [3.05, 3.63) is 59.1 Å². The molecule has 0 saturated carbocycles. The average Bonchev–Trinajstić information content (AvgIpc) is 2.54. The van der Waals surface area contributed by atoms with Crippen molar-refractivity contribution in [3.63, 3.8) is 0 Å². The lowest BCUT2D eigenvalue weighted by Crippen LogP contribution is -2.27. The van der Waals surface area contributed by atoms with Crippen molar-refractivity contribution in [1.82, 2.24) is 5.32 Å². The number of amides is 3. The Kier molecular flexibility index (Phi) is 6.54. The summed E-state index contributed by atoms with van der Waals surface area (Å²) in [6.45, 7) is 1.72. The van der Waals surface area contributed by atoms with Gasteiger partial charge in [0.2, 0.25) is 17.7 Å². The molecular weight excluding hydrogens is 342 g/mol. The molecule has 0 spiro atoms. The molecule has 0 heterocycles. The topological polar surface area (TPSA) is 87.3 Å².